The van der Waals surface area contributed by atoms with Gasteiger partial charge in [-0.15, -0.1) is 12.4 Å². The Morgan fingerprint density at radius 3 is 2.74 bits per heavy atom. The van der Waals surface area contributed by atoms with Gasteiger partial charge in [-0.25, -0.2) is 4.98 Å². The Labute approximate surface area is 213 Å². The van der Waals surface area contributed by atoms with Crippen LogP contribution >= 0.6 is 24.0 Å². The smallest absolute Gasteiger partial charge is 0.307 e. The number of fused-ring (bicyclic) bond motifs is 3. The number of carboxylic acid groups (broad SMARTS) is 1. The first-order chi connectivity index (χ1) is 16.3. The zero-order chi connectivity index (χ0) is 24.0. The monoisotopic (exact) mass is 515 g/mol. The van der Waals surface area contributed by atoms with Crippen molar-refractivity contribution in [1.82, 2.24) is 14.1 Å². The number of nitrogens with two attached hydrogens (primary N) is 1. The standard InChI is InChI=1S/C25H26ClN5O3.ClH/c1-29-20-11-15(12-21(32)33)8-9-18(20)22-23(24(29)34)31(13-16-5-2-3-7-19(16)26)25(28-22)30-10-4-6-17(27)14-30;/h2-3,5,7-9,11,17H,4,6,10,12-14,27H2,1H3,(H,32,33);1H/t17-;/m1./s1. The van der Waals surface area contributed by atoms with E-state index in [1.165, 1.54) is 0 Å². The Bertz CT molecular complexity index is 1480. The maximum Gasteiger partial charge on any atom is 0.307 e. The van der Waals surface area contributed by atoms with E-state index in [4.69, 9.17) is 22.3 Å². The number of nitrogens with zero attached hydrogens (tertiary/aromatic N) is 4. The summed E-state index contributed by atoms with van der Waals surface area (Å²) in [5.41, 5.74) is 9.35. The van der Waals surface area contributed by atoms with Gasteiger partial charge in [0, 0.05) is 36.6 Å². The van der Waals surface area contributed by atoms with Crippen molar-refractivity contribution in [1.29, 1.82) is 0 Å². The van der Waals surface area contributed by atoms with Gasteiger partial charge in [0.25, 0.3) is 5.56 Å². The number of benzene rings is 2. The van der Waals surface area contributed by atoms with Crippen LogP contribution in [0.1, 0.15) is 24.0 Å². The number of carbonyl (C=O) groups is 1. The second-order valence-electron chi connectivity index (χ2n) is 8.92. The third-order valence-electron chi connectivity index (χ3n) is 6.52. The van der Waals surface area contributed by atoms with Crippen LogP contribution in [-0.4, -0.2) is 44.3 Å². The molecule has 184 valence electrons. The largest absolute Gasteiger partial charge is 0.481 e. The van der Waals surface area contributed by atoms with E-state index in [0.717, 1.165) is 30.3 Å². The summed E-state index contributed by atoms with van der Waals surface area (Å²) in [6.07, 6.45) is 1.80. The first-order valence-electron chi connectivity index (χ1n) is 11.3. The minimum Gasteiger partial charge on any atom is -0.481 e. The normalized spacial score (nSPS) is 16.0. The highest BCUT2D eigenvalue weighted by Crippen LogP contribution is 2.30. The number of piperidine rings is 1. The number of aryl methyl sites for hydroxylation is 1. The second-order valence-corrected chi connectivity index (χ2v) is 9.33. The van der Waals surface area contributed by atoms with E-state index in [1.54, 1.807) is 23.7 Å². The van der Waals surface area contributed by atoms with Crippen LogP contribution in [0.4, 0.5) is 5.95 Å². The molecular formula is C25H27Cl2N5O3. The molecule has 1 aliphatic heterocycles. The molecule has 0 spiro atoms. The van der Waals surface area contributed by atoms with E-state index >= 15 is 0 Å². The number of aromatic nitrogens is 3. The van der Waals surface area contributed by atoms with Gasteiger partial charge in [0.2, 0.25) is 5.95 Å². The first-order valence-corrected chi connectivity index (χ1v) is 11.7. The van der Waals surface area contributed by atoms with Crippen molar-refractivity contribution in [2.45, 2.75) is 31.8 Å². The molecule has 35 heavy (non-hydrogen) atoms. The molecule has 1 fully saturated rings. The molecule has 3 N–H and O–H groups in total. The van der Waals surface area contributed by atoms with E-state index in [9.17, 15) is 14.7 Å². The number of aliphatic carboxylic acids is 1. The van der Waals surface area contributed by atoms with Gasteiger partial charge >= 0.3 is 5.97 Å². The average molecular weight is 516 g/mol. The van der Waals surface area contributed by atoms with Gasteiger partial charge in [0.05, 0.1) is 18.5 Å². The molecule has 0 saturated carbocycles. The quantitative estimate of drug-likeness (QED) is 0.420. The molecule has 10 heteroatoms. The molecule has 2 aromatic carbocycles. The van der Waals surface area contributed by atoms with Crippen molar-refractivity contribution in [3.63, 3.8) is 0 Å². The molecule has 2 aromatic heterocycles. The lowest BCUT2D eigenvalue weighted by atomic mass is 10.1. The summed E-state index contributed by atoms with van der Waals surface area (Å²) in [4.78, 5) is 32.0. The van der Waals surface area contributed by atoms with Crippen molar-refractivity contribution in [2.75, 3.05) is 18.0 Å². The van der Waals surface area contributed by atoms with Gasteiger partial charge in [0.15, 0.2) is 0 Å². The number of halogens is 2. The van der Waals surface area contributed by atoms with Crippen LogP contribution < -0.4 is 16.2 Å². The molecule has 1 aliphatic rings. The number of hydrogen-bond donors (Lipinski definition) is 2. The van der Waals surface area contributed by atoms with E-state index in [2.05, 4.69) is 4.90 Å². The van der Waals surface area contributed by atoms with E-state index in [0.29, 0.717) is 46.2 Å². The summed E-state index contributed by atoms with van der Waals surface area (Å²) in [7, 11) is 1.71. The van der Waals surface area contributed by atoms with Crippen LogP contribution in [0.3, 0.4) is 0 Å². The summed E-state index contributed by atoms with van der Waals surface area (Å²) < 4.78 is 3.51. The van der Waals surface area contributed by atoms with Gasteiger partial charge in [-0.1, -0.05) is 41.9 Å². The fourth-order valence-electron chi connectivity index (χ4n) is 4.83. The van der Waals surface area contributed by atoms with Crippen LogP contribution in [0.5, 0.6) is 0 Å². The van der Waals surface area contributed by atoms with Gasteiger partial charge in [-0.2, -0.15) is 0 Å². The van der Waals surface area contributed by atoms with Gasteiger partial charge in [0.1, 0.15) is 11.0 Å². The first kappa shape index (κ1) is 25.0. The lowest BCUT2D eigenvalue weighted by Gasteiger charge is -2.32. The molecule has 5 rings (SSSR count). The Morgan fingerprint density at radius 2 is 2.03 bits per heavy atom. The SMILES string of the molecule is Cl.Cn1c(=O)c2c(nc(N3CCC[C@@H](N)C3)n2Cc2ccccc2Cl)c2ccc(CC(=O)O)cc21. The zero-order valence-electron chi connectivity index (χ0n) is 19.3. The highest BCUT2D eigenvalue weighted by Gasteiger charge is 2.26. The zero-order valence-corrected chi connectivity index (χ0v) is 20.8. The lowest BCUT2D eigenvalue weighted by molar-refractivity contribution is -0.136. The molecule has 4 aromatic rings. The molecule has 0 unspecified atom stereocenters. The number of carboxylic acids is 1. The molecule has 0 amide bonds. The average Bonchev–Trinajstić information content (AvgIpc) is 3.18. The second kappa shape index (κ2) is 9.89. The Morgan fingerprint density at radius 1 is 1.26 bits per heavy atom. The summed E-state index contributed by atoms with van der Waals surface area (Å²) >= 11 is 6.48. The number of rotatable bonds is 5. The third kappa shape index (κ3) is 4.61. The van der Waals surface area contributed by atoms with Crippen molar-refractivity contribution < 1.29 is 9.90 Å². The number of hydrogen-bond acceptors (Lipinski definition) is 5. The number of imidazole rings is 1. The molecule has 0 radical (unpaired) electrons. The molecule has 0 bridgehead atoms. The fourth-order valence-corrected chi connectivity index (χ4v) is 5.03. The predicted octanol–water partition coefficient (Wildman–Crippen LogP) is 3.57. The van der Waals surface area contributed by atoms with E-state index in [1.807, 2.05) is 34.9 Å². The number of pyridine rings is 1. The Kier molecular flexibility index (Phi) is 7.07. The van der Waals surface area contributed by atoms with Gasteiger partial charge in [-0.05, 0) is 36.1 Å². The van der Waals surface area contributed by atoms with Crippen LogP contribution in [0.25, 0.3) is 21.9 Å². The molecule has 1 atom stereocenters. The highest BCUT2D eigenvalue weighted by molar-refractivity contribution is 6.31. The summed E-state index contributed by atoms with van der Waals surface area (Å²) in [6.45, 7) is 1.86. The van der Waals surface area contributed by atoms with Gasteiger partial charge in [-0.3, -0.25) is 9.59 Å². The van der Waals surface area contributed by atoms with Crippen LogP contribution in [0.15, 0.2) is 47.3 Å². The maximum atomic E-state index is 13.6. The summed E-state index contributed by atoms with van der Waals surface area (Å²) in [5.74, 6) is -0.220. The summed E-state index contributed by atoms with van der Waals surface area (Å²) in [6, 6.07) is 13.0. The third-order valence-corrected chi connectivity index (χ3v) is 6.88. The lowest BCUT2D eigenvalue weighted by Crippen LogP contribution is -2.44. The maximum absolute atomic E-state index is 13.6. The molecule has 1 saturated heterocycles. The van der Waals surface area contributed by atoms with Crippen LogP contribution in [0.2, 0.25) is 5.02 Å². The predicted molar refractivity (Wildman–Crippen MR) is 141 cm³/mol. The Balaban J connectivity index is 0.00000289. The van der Waals surface area contributed by atoms with Crippen molar-refractivity contribution in [3.05, 3.63) is 69.0 Å². The topological polar surface area (TPSA) is 106 Å². The van der Waals surface area contributed by atoms with Crippen LogP contribution in [-0.2, 0) is 24.8 Å². The summed E-state index contributed by atoms with van der Waals surface area (Å²) in [5, 5.41) is 10.6. The Hall–Kier alpha value is -3.07. The van der Waals surface area contributed by atoms with E-state index in [-0.39, 0.29) is 30.4 Å². The highest BCUT2D eigenvalue weighted by atomic mass is 35.5. The molecular weight excluding hydrogens is 489 g/mol. The van der Waals surface area contributed by atoms with Crippen molar-refractivity contribution in [3.8, 4) is 0 Å². The molecule has 3 heterocycles. The minimum absolute atomic E-state index is 0. The van der Waals surface area contributed by atoms with Crippen LogP contribution in [0, 0.1) is 0 Å². The minimum atomic E-state index is -0.918. The van der Waals surface area contributed by atoms with Crippen molar-refractivity contribution >= 4 is 57.9 Å². The van der Waals surface area contributed by atoms with Gasteiger partial charge < -0.3 is 24.9 Å². The molecule has 8 nitrogen and oxygen atoms in total. The van der Waals surface area contributed by atoms with E-state index < -0.39 is 5.97 Å². The van der Waals surface area contributed by atoms with Crippen molar-refractivity contribution in [2.24, 2.45) is 12.8 Å². The fraction of sp³-hybridized carbons (Fsp3) is 0.320. The number of anilines is 1. The molecule has 0 aliphatic carbocycles.